The van der Waals surface area contributed by atoms with Crippen molar-refractivity contribution in [2.24, 2.45) is 0 Å². The van der Waals surface area contributed by atoms with Crippen LogP contribution >= 0.6 is 0 Å². The molecule has 0 saturated heterocycles. The van der Waals surface area contributed by atoms with Gasteiger partial charge in [-0.15, -0.1) is 0 Å². The fourth-order valence-corrected chi connectivity index (χ4v) is 4.35. The Morgan fingerprint density at radius 2 is 1.64 bits per heavy atom. The molecule has 1 aromatic heterocycles. The van der Waals surface area contributed by atoms with Gasteiger partial charge < -0.3 is 19.6 Å². The predicted octanol–water partition coefficient (Wildman–Crippen LogP) is 5.88. The number of aryl methyl sites for hydroxylation is 2. The second-order valence-corrected chi connectivity index (χ2v) is 9.98. The normalized spacial score (nSPS) is 11.3. The molecule has 0 saturated carbocycles. The molecule has 7 nitrogen and oxygen atoms in total. The van der Waals surface area contributed by atoms with Gasteiger partial charge in [-0.2, -0.15) is 0 Å². The molecule has 3 aromatic carbocycles. The van der Waals surface area contributed by atoms with Crippen LogP contribution in [0.5, 0.6) is 5.75 Å². The lowest BCUT2D eigenvalue weighted by atomic mass is 9.83. The molecule has 0 spiro atoms. The second-order valence-electron chi connectivity index (χ2n) is 9.98. The van der Waals surface area contributed by atoms with E-state index in [0.717, 1.165) is 33.7 Å². The van der Waals surface area contributed by atoms with Gasteiger partial charge in [-0.05, 0) is 68.1 Å². The highest BCUT2D eigenvalue weighted by atomic mass is 16.5. The SMILES string of the molecule is Cc1oc(-c2ccccc2)nc1CCOc1ccc(CCC(=O)O)c(CNC(=O)C(C)(C)c2ccccc2)c1. The summed E-state index contributed by atoms with van der Waals surface area (Å²) in [6.07, 6.45) is 0.940. The highest BCUT2D eigenvalue weighted by Crippen LogP contribution is 2.25. The number of carboxylic acid groups (broad SMARTS) is 1. The highest BCUT2D eigenvalue weighted by Gasteiger charge is 2.29. The summed E-state index contributed by atoms with van der Waals surface area (Å²) >= 11 is 0. The van der Waals surface area contributed by atoms with Gasteiger partial charge in [0.2, 0.25) is 11.8 Å². The topological polar surface area (TPSA) is 102 Å². The zero-order valence-corrected chi connectivity index (χ0v) is 22.6. The lowest BCUT2D eigenvalue weighted by Crippen LogP contribution is -2.39. The molecule has 0 aliphatic carbocycles. The third kappa shape index (κ3) is 7.13. The van der Waals surface area contributed by atoms with Crippen LogP contribution in [-0.2, 0) is 34.4 Å². The molecule has 0 atom stereocenters. The molecule has 0 radical (unpaired) electrons. The number of rotatable bonds is 12. The molecule has 0 unspecified atom stereocenters. The van der Waals surface area contributed by atoms with E-state index in [-0.39, 0.29) is 18.9 Å². The van der Waals surface area contributed by atoms with Crippen LogP contribution in [0.1, 0.15) is 48.4 Å². The lowest BCUT2D eigenvalue weighted by molar-refractivity contribution is -0.137. The van der Waals surface area contributed by atoms with Gasteiger partial charge in [-0.25, -0.2) is 4.98 Å². The summed E-state index contributed by atoms with van der Waals surface area (Å²) in [5, 5.41) is 12.2. The summed E-state index contributed by atoms with van der Waals surface area (Å²) in [6, 6.07) is 25.0. The Morgan fingerprint density at radius 1 is 0.949 bits per heavy atom. The summed E-state index contributed by atoms with van der Waals surface area (Å²) in [5.74, 6) is 1.01. The van der Waals surface area contributed by atoms with Crippen molar-refractivity contribution in [2.45, 2.75) is 52.0 Å². The van der Waals surface area contributed by atoms with Gasteiger partial charge in [0, 0.05) is 24.9 Å². The first-order valence-electron chi connectivity index (χ1n) is 13.1. The minimum atomic E-state index is -0.867. The van der Waals surface area contributed by atoms with Gasteiger partial charge in [-0.3, -0.25) is 9.59 Å². The summed E-state index contributed by atoms with van der Waals surface area (Å²) in [6.45, 7) is 6.33. The molecule has 1 heterocycles. The molecule has 39 heavy (non-hydrogen) atoms. The van der Waals surface area contributed by atoms with Crippen LogP contribution < -0.4 is 10.1 Å². The molecule has 1 amide bonds. The molecule has 0 fully saturated rings. The second kappa shape index (κ2) is 12.4. The largest absolute Gasteiger partial charge is 0.493 e. The van der Waals surface area contributed by atoms with Crippen molar-refractivity contribution in [1.82, 2.24) is 10.3 Å². The van der Waals surface area contributed by atoms with E-state index in [0.29, 0.717) is 31.1 Å². The number of nitrogens with one attached hydrogen (secondary N) is 1. The number of aliphatic carboxylic acids is 1. The number of ether oxygens (including phenoxy) is 1. The Hall–Kier alpha value is -4.39. The van der Waals surface area contributed by atoms with Gasteiger partial charge in [0.25, 0.3) is 0 Å². The third-order valence-electron chi connectivity index (χ3n) is 6.81. The molecule has 0 aliphatic rings. The molecule has 4 rings (SSSR count). The zero-order valence-electron chi connectivity index (χ0n) is 22.6. The number of hydrogen-bond donors (Lipinski definition) is 2. The maximum absolute atomic E-state index is 13.1. The van der Waals surface area contributed by atoms with Crippen LogP contribution in [0, 0.1) is 6.92 Å². The van der Waals surface area contributed by atoms with E-state index >= 15 is 0 Å². The highest BCUT2D eigenvalue weighted by molar-refractivity contribution is 5.87. The fourth-order valence-electron chi connectivity index (χ4n) is 4.35. The maximum Gasteiger partial charge on any atom is 0.303 e. The van der Waals surface area contributed by atoms with Crippen molar-refractivity contribution in [2.75, 3.05) is 6.61 Å². The number of amides is 1. The molecular formula is C32H34N2O5. The molecule has 202 valence electrons. The summed E-state index contributed by atoms with van der Waals surface area (Å²) in [7, 11) is 0. The minimum Gasteiger partial charge on any atom is -0.493 e. The maximum atomic E-state index is 13.1. The first-order chi connectivity index (χ1) is 18.7. The first-order valence-corrected chi connectivity index (χ1v) is 13.1. The van der Waals surface area contributed by atoms with Gasteiger partial charge in [0.05, 0.1) is 17.7 Å². The number of carbonyl (C=O) groups is 2. The van der Waals surface area contributed by atoms with Gasteiger partial charge in [-0.1, -0.05) is 54.6 Å². The average Bonchev–Trinajstić information content (AvgIpc) is 3.32. The smallest absolute Gasteiger partial charge is 0.303 e. The van der Waals surface area contributed by atoms with E-state index in [1.54, 1.807) is 0 Å². The number of benzene rings is 3. The van der Waals surface area contributed by atoms with Crippen LogP contribution in [0.2, 0.25) is 0 Å². The van der Waals surface area contributed by atoms with Gasteiger partial charge in [0.1, 0.15) is 11.5 Å². The average molecular weight is 527 g/mol. The predicted molar refractivity (Wildman–Crippen MR) is 150 cm³/mol. The molecule has 0 bridgehead atoms. The third-order valence-corrected chi connectivity index (χ3v) is 6.81. The number of hydrogen-bond acceptors (Lipinski definition) is 5. The Kier molecular flexibility index (Phi) is 8.81. The number of carboxylic acids is 1. The van der Waals surface area contributed by atoms with Crippen LogP contribution in [0.4, 0.5) is 0 Å². The van der Waals surface area contributed by atoms with Crippen molar-refractivity contribution >= 4 is 11.9 Å². The fraction of sp³-hybridized carbons (Fsp3) is 0.281. The van der Waals surface area contributed by atoms with Crippen LogP contribution in [0.3, 0.4) is 0 Å². The van der Waals surface area contributed by atoms with Crippen LogP contribution in [0.25, 0.3) is 11.5 Å². The number of carbonyl (C=O) groups excluding carboxylic acids is 1. The molecule has 0 aliphatic heterocycles. The minimum absolute atomic E-state index is 0.00580. The molecule has 4 aromatic rings. The van der Waals surface area contributed by atoms with E-state index < -0.39 is 11.4 Å². The molecule has 2 N–H and O–H groups in total. The van der Waals surface area contributed by atoms with Crippen molar-refractivity contribution in [3.63, 3.8) is 0 Å². The van der Waals surface area contributed by atoms with Crippen LogP contribution in [-0.4, -0.2) is 28.6 Å². The van der Waals surface area contributed by atoms with Gasteiger partial charge in [0.15, 0.2) is 0 Å². The Labute approximate surface area is 228 Å². The molecular weight excluding hydrogens is 492 g/mol. The first kappa shape index (κ1) is 27.6. The zero-order chi connectivity index (χ0) is 27.8. The number of aromatic nitrogens is 1. The van der Waals surface area contributed by atoms with E-state index in [2.05, 4.69) is 10.3 Å². The standard InChI is InChI=1S/C32H34N2O5/c1-22-28(34-30(39-22)24-10-6-4-7-11-24)18-19-38-27-16-14-23(15-17-29(35)36)25(20-27)21-33-31(37)32(2,3)26-12-8-5-9-13-26/h4-14,16,20H,15,17-19,21H2,1-3H3,(H,33,37)(H,35,36). The van der Waals surface area contributed by atoms with E-state index in [9.17, 15) is 14.7 Å². The molecule has 7 heteroatoms. The number of oxazole rings is 1. The Balaban J connectivity index is 1.43. The Morgan fingerprint density at radius 3 is 2.33 bits per heavy atom. The summed E-state index contributed by atoms with van der Waals surface area (Å²) in [4.78, 5) is 28.9. The van der Waals surface area contributed by atoms with Crippen LogP contribution in [0.15, 0.2) is 83.3 Å². The van der Waals surface area contributed by atoms with Crippen molar-refractivity contribution in [3.05, 3.63) is 107 Å². The lowest BCUT2D eigenvalue weighted by Gasteiger charge is -2.24. The van der Waals surface area contributed by atoms with E-state index in [1.165, 1.54) is 0 Å². The summed E-state index contributed by atoms with van der Waals surface area (Å²) < 4.78 is 11.9. The summed E-state index contributed by atoms with van der Waals surface area (Å²) in [5.41, 5.74) is 3.65. The Bertz CT molecular complexity index is 1410. The number of nitrogens with zero attached hydrogens (tertiary/aromatic N) is 1. The van der Waals surface area contributed by atoms with Crippen molar-refractivity contribution in [3.8, 4) is 17.2 Å². The van der Waals surface area contributed by atoms with Gasteiger partial charge >= 0.3 is 5.97 Å². The quantitative estimate of drug-likeness (QED) is 0.239. The van der Waals surface area contributed by atoms with Crippen molar-refractivity contribution in [1.29, 1.82) is 0 Å². The van der Waals surface area contributed by atoms with E-state index in [4.69, 9.17) is 9.15 Å². The van der Waals surface area contributed by atoms with Crippen molar-refractivity contribution < 1.29 is 23.8 Å². The van der Waals surface area contributed by atoms with E-state index in [1.807, 2.05) is 99.6 Å². The monoisotopic (exact) mass is 526 g/mol.